The molecule has 0 fully saturated rings. The van der Waals surface area contributed by atoms with Crippen LogP contribution in [-0.4, -0.2) is 29.8 Å². The first-order valence-electron chi connectivity index (χ1n) is 10.1. The molecular formula is C20H39IN4O. The molecule has 6 heteroatoms. The summed E-state index contributed by atoms with van der Waals surface area (Å²) in [5.74, 6) is 1.70. The Hall–Kier alpha value is -0.630. The van der Waals surface area contributed by atoms with Gasteiger partial charge in [-0.3, -0.25) is 5.32 Å². The van der Waals surface area contributed by atoms with Crippen molar-refractivity contribution in [1.82, 2.24) is 4.98 Å². The molecule has 1 heterocycles. The summed E-state index contributed by atoms with van der Waals surface area (Å²) in [6, 6.07) is 2.07. The van der Waals surface area contributed by atoms with Crippen LogP contribution in [0.4, 0.5) is 11.8 Å². The fourth-order valence-corrected chi connectivity index (χ4v) is 2.93. The maximum atomic E-state index is 8.96. The normalized spacial score (nSPS) is 10.5. The van der Waals surface area contributed by atoms with E-state index >= 15 is 0 Å². The quantitative estimate of drug-likeness (QED) is 0.200. The molecule has 0 aliphatic rings. The van der Waals surface area contributed by atoms with Crippen molar-refractivity contribution < 1.29 is 33.7 Å². The third-order valence-electron chi connectivity index (χ3n) is 4.65. The average Bonchev–Trinajstić information content (AvgIpc) is 2.61. The molecule has 1 rings (SSSR count). The molecule has 0 saturated carbocycles. The Labute approximate surface area is 177 Å². The van der Waals surface area contributed by atoms with E-state index in [0.29, 0.717) is 6.54 Å². The summed E-state index contributed by atoms with van der Waals surface area (Å²) in [6.45, 7) is 5.93. The Morgan fingerprint density at radius 2 is 1.50 bits per heavy atom. The van der Waals surface area contributed by atoms with Crippen molar-refractivity contribution in [2.24, 2.45) is 7.05 Å². The van der Waals surface area contributed by atoms with Crippen molar-refractivity contribution >= 4 is 11.8 Å². The van der Waals surface area contributed by atoms with E-state index in [1.54, 1.807) is 0 Å². The molecule has 0 radical (unpaired) electrons. The summed E-state index contributed by atoms with van der Waals surface area (Å²) in [6.07, 6.45) is 13.6. The molecule has 3 N–H and O–H groups in total. The van der Waals surface area contributed by atoms with E-state index in [9.17, 15) is 0 Å². The smallest absolute Gasteiger partial charge is 0.393 e. The molecule has 1 aromatic rings. The van der Waals surface area contributed by atoms with Crippen LogP contribution in [0.5, 0.6) is 0 Å². The third kappa shape index (κ3) is 11.2. The number of aliphatic hydroxyl groups excluding tert-OH is 1. The SMILES string of the molecule is CCCCCCCCCCCCNc1cc(C)[n+](C)c(NCCO)n1.[I-]. The van der Waals surface area contributed by atoms with Gasteiger partial charge in [-0.1, -0.05) is 69.7 Å². The second-order valence-electron chi connectivity index (χ2n) is 6.92. The zero-order chi connectivity index (χ0) is 18.3. The van der Waals surface area contributed by atoms with Gasteiger partial charge in [-0.2, -0.15) is 0 Å². The maximum Gasteiger partial charge on any atom is 0.393 e. The summed E-state index contributed by atoms with van der Waals surface area (Å²) >= 11 is 0. The van der Waals surface area contributed by atoms with Crippen LogP contribution in [0.3, 0.4) is 0 Å². The first-order valence-corrected chi connectivity index (χ1v) is 10.1. The Balaban J connectivity index is 0.00000625. The Bertz CT molecular complexity index is 471. The number of aromatic nitrogens is 2. The Kier molecular flexibility index (Phi) is 16.1. The number of halogens is 1. The molecule has 0 atom stereocenters. The van der Waals surface area contributed by atoms with Crippen LogP contribution in [0.2, 0.25) is 0 Å². The maximum absolute atomic E-state index is 8.96. The zero-order valence-electron chi connectivity index (χ0n) is 17.0. The van der Waals surface area contributed by atoms with Gasteiger partial charge in [0.05, 0.1) is 25.9 Å². The lowest BCUT2D eigenvalue weighted by Gasteiger charge is -2.08. The highest BCUT2D eigenvalue weighted by Gasteiger charge is 2.13. The van der Waals surface area contributed by atoms with Gasteiger partial charge in [0.15, 0.2) is 0 Å². The van der Waals surface area contributed by atoms with Gasteiger partial charge in [-0.15, -0.1) is 0 Å². The Morgan fingerprint density at radius 3 is 2.08 bits per heavy atom. The van der Waals surface area contributed by atoms with Crippen molar-refractivity contribution in [3.05, 3.63) is 11.8 Å². The molecule has 152 valence electrons. The highest BCUT2D eigenvalue weighted by molar-refractivity contribution is 5.38. The van der Waals surface area contributed by atoms with E-state index in [1.807, 2.05) is 11.6 Å². The van der Waals surface area contributed by atoms with Crippen molar-refractivity contribution in [1.29, 1.82) is 0 Å². The van der Waals surface area contributed by atoms with Crippen LogP contribution in [0, 0.1) is 6.92 Å². The topological polar surface area (TPSA) is 61.1 Å². The lowest BCUT2D eigenvalue weighted by atomic mass is 10.1. The molecule has 26 heavy (non-hydrogen) atoms. The van der Waals surface area contributed by atoms with Gasteiger partial charge >= 0.3 is 5.95 Å². The highest BCUT2D eigenvalue weighted by Crippen LogP contribution is 2.11. The van der Waals surface area contributed by atoms with E-state index in [4.69, 9.17) is 5.11 Å². The summed E-state index contributed by atoms with van der Waals surface area (Å²) in [7, 11) is 1.98. The summed E-state index contributed by atoms with van der Waals surface area (Å²) in [4.78, 5) is 4.58. The van der Waals surface area contributed by atoms with Crippen molar-refractivity contribution in [3.63, 3.8) is 0 Å². The molecule has 1 aromatic heterocycles. The summed E-state index contributed by atoms with van der Waals surface area (Å²) in [5.41, 5.74) is 1.14. The van der Waals surface area contributed by atoms with Crippen LogP contribution in [-0.2, 0) is 7.05 Å². The van der Waals surface area contributed by atoms with Crippen molar-refractivity contribution in [3.8, 4) is 0 Å². The van der Waals surface area contributed by atoms with Gasteiger partial charge in [0.2, 0.25) is 5.82 Å². The molecule has 0 spiro atoms. The number of nitrogens with one attached hydrogen (secondary N) is 2. The van der Waals surface area contributed by atoms with Crippen LogP contribution in [0.25, 0.3) is 0 Å². The fraction of sp³-hybridized carbons (Fsp3) is 0.800. The first kappa shape index (κ1) is 25.4. The zero-order valence-corrected chi connectivity index (χ0v) is 19.1. The molecule has 0 aromatic carbocycles. The molecule has 5 nitrogen and oxygen atoms in total. The second-order valence-corrected chi connectivity index (χ2v) is 6.92. The molecule has 0 unspecified atom stereocenters. The minimum atomic E-state index is 0. The van der Waals surface area contributed by atoms with E-state index in [2.05, 4.69) is 35.5 Å². The molecule has 0 amide bonds. The molecular weight excluding hydrogens is 439 g/mol. The predicted molar refractivity (Wildman–Crippen MR) is 106 cm³/mol. The van der Waals surface area contributed by atoms with Crippen molar-refractivity contribution in [2.45, 2.75) is 78.1 Å². The standard InChI is InChI=1S/C20H38N4O.HI/c1-4-5-6-7-8-9-10-11-12-13-14-21-19-17-18(2)24(3)20(23-19)22-15-16-25;/h17,25H,4-16H2,1-3H3,(H,21,22,23);1H. The number of hydrogen-bond acceptors (Lipinski definition) is 4. The van der Waals surface area contributed by atoms with Gasteiger partial charge in [0.1, 0.15) is 0 Å². The molecule has 0 aliphatic heterocycles. The van der Waals surface area contributed by atoms with Crippen LogP contribution in [0.1, 0.15) is 76.8 Å². The Morgan fingerprint density at radius 1 is 0.923 bits per heavy atom. The number of unbranched alkanes of at least 4 members (excludes halogenated alkanes) is 9. The van der Waals surface area contributed by atoms with E-state index in [1.165, 1.54) is 64.2 Å². The molecule has 0 aliphatic carbocycles. The van der Waals surface area contributed by atoms with E-state index in [0.717, 1.165) is 24.0 Å². The lowest BCUT2D eigenvalue weighted by Crippen LogP contribution is -3.00. The van der Waals surface area contributed by atoms with E-state index < -0.39 is 0 Å². The molecule has 0 bridgehead atoms. The number of anilines is 2. The second kappa shape index (κ2) is 16.5. The molecule has 0 saturated heterocycles. The van der Waals surface area contributed by atoms with Crippen molar-refractivity contribution in [2.75, 3.05) is 30.3 Å². The summed E-state index contributed by atoms with van der Waals surface area (Å²) in [5, 5.41) is 15.5. The minimum Gasteiger partial charge on any atom is -1.00 e. The van der Waals surface area contributed by atoms with Crippen LogP contribution in [0.15, 0.2) is 6.07 Å². The van der Waals surface area contributed by atoms with Crippen LogP contribution >= 0.6 is 0 Å². The number of nitrogens with zero attached hydrogens (tertiary/aromatic N) is 2. The largest absolute Gasteiger partial charge is 1.00 e. The van der Waals surface area contributed by atoms with Gasteiger partial charge in [0, 0.05) is 12.6 Å². The fourth-order valence-electron chi connectivity index (χ4n) is 2.93. The van der Waals surface area contributed by atoms with Gasteiger partial charge < -0.3 is 34.4 Å². The number of rotatable bonds is 15. The first-order chi connectivity index (χ1) is 12.2. The predicted octanol–water partition coefficient (Wildman–Crippen LogP) is 0.956. The lowest BCUT2D eigenvalue weighted by molar-refractivity contribution is -0.665. The van der Waals surface area contributed by atoms with Gasteiger partial charge in [-0.05, 0) is 13.3 Å². The van der Waals surface area contributed by atoms with Gasteiger partial charge in [-0.25, -0.2) is 4.57 Å². The van der Waals surface area contributed by atoms with Gasteiger partial charge in [0.25, 0.3) is 0 Å². The number of aliphatic hydroxyl groups is 1. The average molecular weight is 478 g/mol. The minimum absolute atomic E-state index is 0. The van der Waals surface area contributed by atoms with E-state index in [-0.39, 0.29) is 30.6 Å². The van der Waals surface area contributed by atoms with Crippen LogP contribution < -0.4 is 39.2 Å². The monoisotopic (exact) mass is 478 g/mol. The number of aryl methyl sites for hydroxylation is 1. The number of hydrogen-bond donors (Lipinski definition) is 3. The highest BCUT2D eigenvalue weighted by atomic mass is 127. The third-order valence-corrected chi connectivity index (χ3v) is 4.65. The summed E-state index contributed by atoms with van der Waals surface area (Å²) < 4.78 is 2.00.